The molecule has 0 aliphatic carbocycles. The van der Waals surface area contributed by atoms with Crippen molar-refractivity contribution in [3.63, 3.8) is 0 Å². The molecule has 1 amide bonds. The summed E-state index contributed by atoms with van der Waals surface area (Å²) in [5.74, 6) is -0.234. The van der Waals surface area contributed by atoms with Gasteiger partial charge in [-0.1, -0.05) is 12.1 Å². The van der Waals surface area contributed by atoms with Crippen LogP contribution in [-0.4, -0.2) is 40.7 Å². The molecule has 1 aliphatic heterocycles. The number of likely N-dealkylation sites (tertiary alicyclic amines) is 1. The largest absolute Gasteiger partial charge is 0.480 e. The average Bonchev–Trinajstić information content (AvgIpc) is 2.88. The maximum Gasteiger partial charge on any atom is 0.326 e. The SMILES string of the molecule is CSCc1cccc(C(=O)N2CCC[C@H]2C(=O)O)c1. The number of carbonyl (C=O) groups excluding carboxylic acids is 1. The number of thioether (sulfide) groups is 1. The monoisotopic (exact) mass is 279 g/mol. The summed E-state index contributed by atoms with van der Waals surface area (Å²) < 4.78 is 0. The van der Waals surface area contributed by atoms with Gasteiger partial charge in [-0.25, -0.2) is 4.79 Å². The number of rotatable bonds is 4. The third kappa shape index (κ3) is 3.10. The molecule has 4 nitrogen and oxygen atoms in total. The first kappa shape index (κ1) is 13.9. The first-order valence-electron chi connectivity index (χ1n) is 6.25. The lowest BCUT2D eigenvalue weighted by molar-refractivity contribution is -0.141. The van der Waals surface area contributed by atoms with E-state index in [1.54, 1.807) is 17.8 Å². The second-order valence-electron chi connectivity index (χ2n) is 4.63. The molecule has 1 atom stereocenters. The summed E-state index contributed by atoms with van der Waals surface area (Å²) in [5.41, 5.74) is 1.67. The average molecular weight is 279 g/mol. The van der Waals surface area contributed by atoms with Crippen LogP contribution >= 0.6 is 11.8 Å². The first-order chi connectivity index (χ1) is 9.13. The highest BCUT2D eigenvalue weighted by Crippen LogP contribution is 2.21. The normalized spacial score (nSPS) is 18.6. The highest BCUT2D eigenvalue weighted by Gasteiger charge is 2.34. The lowest BCUT2D eigenvalue weighted by Crippen LogP contribution is -2.40. The van der Waals surface area contributed by atoms with Crippen molar-refractivity contribution < 1.29 is 14.7 Å². The Bertz CT molecular complexity index is 489. The minimum Gasteiger partial charge on any atom is -0.480 e. The second kappa shape index (κ2) is 6.10. The Morgan fingerprint density at radius 1 is 1.47 bits per heavy atom. The van der Waals surface area contributed by atoms with Crippen LogP contribution in [0.1, 0.15) is 28.8 Å². The van der Waals surface area contributed by atoms with Crippen molar-refractivity contribution in [3.05, 3.63) is 35.4 Å². The number of benzene rings is 1. The molecular formula is C14H17NO3S. The fourth-order valence-corrected chi connectivity index (χ4v) is 2.91. The number of aliphatic carboxylic acids is 1. The van der Waals surface area contributed by atoms with Gasteiger partial charge in [0.15, 0.2) is 0 Å². The van der Waals surface area contributed by atoms with E-state index < -0.39 is 12.0 Å². The summed E-state index contributed by atoms with van der Waals surface area (Å²) >= 11 is 1.69. The zero-order chi connectivity index (χ0) is 13.8. The van der Waals surface area contributed by atoms with Gasteiger partial charge in [-0.2, -0.15) is 11.8 Å². The highest BCUT2D eigenvalue weighted by molar-refractivity contribution is 7.97. The number of hydrogen-bond acceptors (Lipinski definition) is 3. The quantitative estimate of drug-likeness (QED) is 0.918. The van der Waals surface area contributed by atoms with Crippen LogP contribution in [0.3, 0.4) is 0 Å². The molecule has 1 saturated heterocycles. The summed E-state index contributed by atoms with van der Waals surface area (Å²) in [6.07, 6.45) is 3.31. The van der Waals surface area contributed by atoms with E-state index in [0.29, 0.717) is 18.5 Å². The molecule has 0 aromatic heterocycles. The van der Waals surface area contributed by atoms with E-state index in [4.69, 9.17) is 5.11 Å². The topological polar surface area (TPSA) is 57.6 Å². The van der Waals surface area contributed by atoms with Crippen LogP contribution in [0.2, 0.25) is 0 Å². The fourth-order valence-electron chi connectivity index (χ4n) is 2.39. The van der Waals surface area contributed by atoms with Gasteiger partial charge in [0.25, 0.3) is 5.91 Å². The van der Waals surface area contributed by atoms with Crippen LogP contribution in [0.15, 0.2) is 24.3 Å². The van der Waals surface area contributed by atoms with Crippen LogP contribution in [0.5, 0.6) is 0 Å². The van der Waals surface area contributed by atoms with Crippen LogP contribution in [0, 0.1) is 0 Å². The van der Waals surface area contributed by atoms with E-state index in [9.17, 15) is 9.59 Å². The van der Waals surface area contributed by atoms with Crippen molar-refractivity contribution in [2.75, 3.05) is 12.8 Å². The highest BCUT2D eigenvalue weighted by atomic mass is 32.2. The third-order valence-electron chi connectivity index (χ3n) is 3.28. The maximum absolute atomic E-state index is 12.4. The fraction of sp³-hybridized carbons (Fsp3) is 0.429. The molecule has 0 bridgehead atoms. The van der Waals surface area contributed by atoms with Gasteiger partial charge < -0.3 is 10.0 Å². The molecule has 5 heteroatoms. The molecule has 1 fully saturated rings. The van der Waals surface area contributed by atoms with Crippen LogP contribution in [-0.2, 0) is 10.5 Å². The Morgan fingerprint density at radius 2 is 2.26 bits per heavy atom. The van der Waals surface area contributed by atoms with Gasteiger partial charge in [-0.3, -0.25) is 4.79 Å². The predicted molar refractivity (Wildman–Crippen MR) is 75.4 cm³/mol. The molecule has 0 spiro atoms. The molecular weight excluding hydrogens is 262 g/mol. The van der Waals surface area contributed by atoms with E-state index in [2.05, 4.69) is 0 Å². The number of carbonyl (C=O) groups is 2. The smallest absolute Gasteiger partial charge is 0.326 e. The molecule has 2 rings (SSSR count). The maximum atomic E-state index is 12.4. The van der Waals surface area contributed by atoms with Gasteiger partial charge in [0.05, 0.1) is 0 Å². The molecule has 1 aromatic rings. The van der Waals surface area contributed by atoms with Crippen LogP contribution < -0.4 is 0 Å². The minimum absolute atomic E-state index is 0.173. The van der Waals surface area contributed by atoms with Gasteiger partial charge >= 0.3 is 5.97 Å². The summed E-state index contributed by atoms with van der Waals surface area (Å²) in [6, 6.07) is 6.77. The van der Waals surface area contributed by atoms with Crippen molar-refractivity contribution in [1.82, 2.24) is 4.90 Å². The number of hydrogen-bond donors (Lipinski definition) is 1. The molecule has 0 unspecified atom stereocenters. The Hall–Kier alpha value is -1.49. The predicted octanol–water partition coefficient (Wildman–Crippen LogP) is 2.24. The Morgan fingerprint density at radius 3 is 2.95 bits per heavy atom. The lowest BCUT2D eigenvalue weighted by Gasteiger charge is -2.21. The third-order valence-corrected chi connectivity index (χ3v) is 3.91. The summed E-state index contributed by atoms with van der Waals surface area (Å²) in [5, 5.41) is 9.12. The molecule has 1 aliphatic rings. The number of nitrogens with zero attached hydrogens (tertiary/aromatic N) is 1. The van der Waals surface area contributed by atoms with Crippen molar-refractivity contribution in [2.24, 2.45) is 0 Å². The standard InChI is InChI=1S/C14H17NO3S/c1-19-9-10-4-2-5-11(8-10)13(16)15-7-3-6-12(15)14(17)18/h2,4-5,8,12H,3,6-7,9H2,1H3,(H,17,18)/t12-/m0/s1. The summed E-state index contributed by atoms with van der Waals surface area (Å²) in [7, 11) is 0. The molecule has 0 radical (unpaired) electrons. The minimum atomic E-state index is -0.911. The van der Waals surface area contributed by atoms with Gasteiger partial charge in [0, 0.05) is 17.9 Å². The number of amides is 1. The zero-order valence-electron chi connectivity index (χ0n) is 10.8. The van der Waals surface area contributed by atoms with E-state index in [0.717, 1.165) is 17.7 Å². The zero-order valence-corrected chi connectivity index (χ0v) is 11.7. The van der Waals surface area contributed by atoms with Crippen LogP contribution in [0.4, 0.5) is 0 Å². The first-order valence-corrected chi connectivity index (χ1v) is 7.64. The number of carboxylic acid groups (broad SMARTS) is 1. The lowest BCUT2D eigenvalue weighted by atomic mass is 10.1. The van der Waals surface area contributed by atoms with Crippen molar-refractivity contribution in [3.8, 4) is 0 Å². The Kier molecular flexibility index (Phi) is 4.47. The molecule has 102 valence electrons. The van der Waals surface area contributed by atoms with E-state index >= 15 is 0 Å². The number of carboxylic acids is 1. The van der Waals surface area contributed by atoms with Crippen molar-refractivity contribution >= 4 is 23.6 Å². The van der Waals surface area contributed by atoms with Gasteiger partial charge in [-0.05, 0) is 36.8 Å². The van der Waals surface area contributed by atoms with Gasteiger partial charge in [0.2, 0.25) is 0 Å². The van der Waals surface area contributed by atoms with Gasteiger partial charge in [-0.15, -0.1) is 0 Å². The van der Waals surface area contributed by atoms with E-state index in [1.165, 1.54) is 4.90 Å². The summed E-state index contributed by atoms with van der Waals surface area (Å²) in [4.78, 5) is 25.0. The molecule has 1 aromatic carbocycles. The summed E-state index contributed by atoms with van der Waals surface area (Å²) in [6.45, 7) is 0.530. The van der Waals surface area contributed by atoms with Crippen molar-refractivity contribution in [1.29, 1.82) is 0 Å². The molecule has 19 heavy (non-hydrogen) atoms. The van der Waals surface area contributed by atoms with Crippen molar-refractivity contribution in [2.45, 2.75) is 24.6 Å². The Balaban J connectivity index is 2.19. The second-order valence-corrected chi connectivity index (χ2v) is 5.49. The van der Waals surface area contributed by atoms with Gasteiger partial charge in [0.1, 0.15) is 6.04 Å². The Labute approximate surface area is 116 Å². The molecule has 1 heterocycles. The molecule has 1 N–H and O–H groups in total. The van der Waals surface area contributed by atoms with E-state index in [-0.39, 0.29) is 5.91 Å². The van der Waals surface area contributed by atoms with E-state index in [1.807, 2.05) is 24.5 Å². The molecule has 0 saturated carbocycles. The van der Waals surface area contributed by atoms with Crippen LogP contribution in [0.25, 0.3) is 0 Å².